The Bertz CT molecular complexity index is 913. The highest BCUT2D eigenvalue weighted by molar-refractivity contribution is 5.92. The summed E-state index contributed by atoms with van der Waals surface area (Å²) in [5, 5.41) is 2.91. The van der Waals surface area contributed by atoms with Crippen LogP contribution in [0.2, 0.25) is 0 Å². The van der Waals surface area contributed by atoms with Crippen molar-refractivity contribution >= 4 is 11.7 Å². The Hall–Kier alpha value is -3.28. The number of carbonyl (C=O) groups is 1. The van der Waals surface area contributed by atoms with Gasteiger partial charge in [-0.25, -0.2) is 9.97 Å². The monoisotopic (exact) mass is 375 g/mol. The van der Waals surface area contributed by atoms with E-state index in [1.54, 1.807) is 18.5 Å². The highest BCUT2D eigenvalue weighted by atomic mass is 16.1. The summed E-state index contributed by atoms with van der Waals surface area (Å²) in [5.41, 5.74) is 2.55. The van der Waals surface area contributed by atoms with Crippen LogP contribution in [0, 0.1) is 6.92 Å². The first-order chi connectivity index (χ1) is 13.5. The lowest BCUT2D eigenvalue weighted by Crippen LogP contribution is -2.32. The van der Waals surface area contributed by atoms with E-state index >= 15 is 0 Å². The Morgan fingerprint density at radius 1 is 1.04 bits per heavy atom. The number of amides is 1. The van der Waals surface area contributed by atoms with E-state index in [9.17, 15) is 4.79 Å². The van der Waals surface area contributed by atoms with Crippen LogP contribution < -0.4 is 10.2 Å². The maximum atomic E-state index is 12.6. The summed E-state index contributed by atoms with van der Waals surface area (Å²) in [4.78, 5) is 27.7. The van der Waals surface area contributed by atoms with E-state index in [2.05, 4.69) is 51.1 Å². The van der Waals surface area contributed by atoms with E-state index < -0.39 is 0 Å². The number of aromatic nitrogens is 3. The van der Waals surface area contributed by atoms with Crippen LogP contribution in [0.5, 0.6) is 0 Å². The van der Waals surface area contributed by atoms with Crippen molar-refractivity contribution in [3.63, 3.8) is 0 Å². The van der Waals surface area contributed by atoms with Crippen LogP contribution in [0.25, 0.3) is 0 Å². The Labute approximate surface area is 165 Å². The van der Waals surface area contributed by atoms with Gasteiger partial charge in [0.05, 0.1) is 0 Å². The maximum Gasteiger partial charge on any atom is 0.270 e. The number of nitrogens with one attached hydrogen (secondary N) is 1. The zero-order valence-corrected chi connectivity index (χ0v) is 16.5. The van der Waals surface area contributed by atoms with Gasteiger partial charge in [0, 0.05) is 37.6 Å². The van der Waals surface area contributed by atoms with Gasteiger partial charge in [-0.15, -0.1) is 0 Å². The molecule has 3 aromatic rings. The SMILES string of the molecule is Cc1nc(C(=O)NCc2ccncc2)cc(N(Cc2ccccc2)C(C)C)n1. The number of benzene rings is 1. The van der Waals surface area contributed by atoms with Crippen LogP contribution in [-0.4, -0.2) is 26.9 Å². The number of hydrogen-bond donors (Lipinski definition) is 1. The number of aryl methyl sites for hydroxylation is 1. The van der Waals surface area contributed by atoms with Gasteiger partial charge in [0.25, 0.3) is 5.91 Å². The minimum atomic E-state index is -0.216. The van der Waals surface area contributed by atoms with E-state index in [4.69, 9.17) is 0 Å². The van der Waals surface area contributed by atoms with Crippen molar-refractivity contribution in [1.29, 1.82) is 0 Å². The second kappa shape index (κ2) is 9.08. The van der Waals surface area contributed by atoms with Crippen LogP contribution in [0.4, 0.5) is 5.82 Å². The van der Waals surface area contributed by atoms with E-state index in [-0.39, 0.29) is 11.9 Å². The highest BCUT2D eigenvalue weighted by Crippen LogP contribution is 2.19. The molecule has 6 nitrogen and oxygen atoms in total. The molecule has 0 atom stereocenters. The highest BCUT2D eigenvalue weighted by Gasteiger charge is 2.17. The molecule has 1 aromatic carbocycles. The lowest BCUT2D eigenvalue weighted by molar-refractivity contribution is 0.0945. The lowest BCUT2D eigenvalue weighted by atomic mass is 10.2. The molecule has 0 aliphatic heterocycles. The minimum absolute atomic E-state index is 0.216. The molecule has 0 fully saturated rings. The Morgan fingerprint density at radius 3 is 2.43 bits per heavy atom. The molecule has 0 radical (unpaired) electrons. The topological polar surface area (TPSA) is 71.0 Å². The fraction of sp³-hybridized carbons (Fsp3) is 0.273. The van der Waals surface area contributed by atoms with Gasteiger partial charge in [-0.2, -0.15) is 0 Å². The number of carbonyl (C=O) groups excluding carboxylic acids is 1. The Balaban J connectivity index is 1.79. The minimum Gasteiger partial charge on any atom is -0.350 e. The van der Waals surface area contributed by atoms with Gasteiger partial charge in [0.15, 0.2) is 0 Å². The second-order valence-corrected chi connectivity index (χ2v) is 6.90. The zero-order chi connectivity index (χ0) is 19.9. The first kappa shape index (κ1) is 19.5. The predicted molar refractivity (Wildman–Crippen MR) is 110 cm³/mol. The molecule has 0 spiro atoms. The molecule has 0 saturated heterocycles. The summed E-state index contributed by atoms with van der Waals surface area (Å²) in [5.74, 6) is 1.11. The molecule has 6 heteroatoms. The molecule has 28 heavy (non-hydrogen) atoms. The zero-order valence-electron chi connectivity index (χ0n) is 16.5. The smallest absolute Gasteiger partial charge is 0.270 e. The molecule has 144 valence electrons. The van der Waals surface area contributed by atoms with Gasteiger partial charge in [-0.1, -0.05) is 30.3 Å². The van der Waals surface area contributed by atoms with Gasteiger partial charge >= 0.3 is 0 Å². The van der Waals surface area contributed by atoms with Crippen LogP contribution in [0.1, 0.15) is 41.3 Å². The van der Waals surface area contributed by atoms with E-state index in [1.807, 2.05) is 37.3 Å². The van der Waals surface area contributed by atoms with Crippen LogP contribution in [0.15, 0.2) is 60.9 Å². The van der Waals surface area contributed by atoms with Crippen molar-refractivity contribution in [3.8, 4) is 0 Å². The molecule has 0 bridgehead atoms. The molecule has 0 saturated carbocycles. The summed E-state index contributed by atoms with van der Waals surface area (Å²) in [6, 6.07) is 16.0. The van der Waals surface area contributed by atoms with Gasteiger partial charge in [0.2, 0.25) is 0 Å². The average molecular weight is 375 g/mol. The van der Waals surface area contributed by atoms with Crippen molar-refractivity contribution in [1.82, 2.24) is 20.3 Å². The number of nitrogens with zero attached hydrogens (tertiary/aromatic N) is 4. The van der Waals surface area contributed by atoms with Crippen molar-refractivity contribution in [2.24, 2.45) is 0 Å². The first-order valence-electron chi connectivity index (χ1n) is 9.36. The van der Waals surface area contributed by atoms with Crippen molar-refractivity contribution in [2.75, 3.05) is 4.90 Å². The number of pyridine rings is 1. The molecule has 0 unspecified atom stereocenters. The van der Waals surface area contributed by atoms with Gasteiger partial charge in [-0.05, 0) is 44.0 Å². The molecule has 0 aliphatic rings. The Morgan fingerprint density at radius 2 is 1.75 bits per heavy atom. The molecular weight excluding hydrogens is 350 g/mol. The normalized spacial score (nSPS) is 10.7. The largest absolute Gasteiger partial charge is 0.350 e. The number of rotatable bonds is 7. The number of hydrogen-bond acceptors (Lipinski definition) is 5. The Kier molecular flexibility index (Phi) is 6.32. The molecule has 1 amide bonds. The third-order valence-corrected chi connectivity index (χ3v) is 4.37. The van der Waals surface area contributed by atoms with E-state index in [0.717, 1.165) is 11.4 Å². The van der Waals surface area contributed by atoms with Gasteiger partial charge in [0.1, 0.15) is 17.3 Å². The molecule has 0 aliphatic carbocycles. The summed E-state index contributed by atoms with van der Waals surface area (Å²) in [7, 11) is 0. The summed E-state index contributed by atoms with van der Waals surface area (Å²) >= 11 is 0. The third-order valence-electron chi connectivity index (χ3n) is 4.37. The fourth-order valence-corrected chi connectivity index (χ4v) is 2.90. The van der Waals surface area contributed by atoms with E-state index in [0.29, 0.717) is 24.6 Å². The summed E-state index contributed by atoms with van der Waals surface area (Å²) in [6.07, 6.45) is 3.41. The van der Waals surface area contributed by atoms with Crippen molar-refractivity contribution < 1.29 is 4.79 Å². The van der Waals surface area contributed by atoms with Gasteiger partial charge < -0.3 is 10.2 Å². The quantitative estimate of drug-likeness (QED) is 0.684. The second-order valence-electron chi connectivity index (χ2n) is 6.90. The van der Waals surface area contributed by atoms with Crippen molar-refractivity contribution in [2.45, 2.75) is 39.9 Å². The fourth-order valence-electron chi connectivity index (χ4n) is 2.90. The molecule has 1 N–H and O–H groups in total. The lowest BCUT2D eigenvalue weighted by Gasteiger charge is -2.28. The van der Waals surface area contributed by atoms with Crippen molar-refractivity contribution in [3.05, 3.63) is 83.6 Å². The molecule has 3 rings (SSSR count). The van der Waals surface area contributed by atoms with E-state index in [1.165, 1.54) is 5.56 Å². The maximum absolute atomic E-state index is 12.6. The van der Waals surface area contributed by atoms with Crippen LogP contribution in [-0.2, 0) is 13.1 Å². The van der Waals surface area contributed by atoms with Gasteiger partial charge in [-0.3, -0.25) is 9.78 Å². The standard InChI is InChI=1S/C22H25N5O/c1-16(2)27(15-19-7-5-4-6-8-19)21-13-20(25-17(3)26-21)22(28)24-14-18-9-11-23-12-10-18/h4-13,16H,14-15H2,1-3H3,(H,24,28). The van der Waals surface area contributed by atoms with Crippen LogP contribution >= 0.6 is 0 Å². The molecule has 2 heterocycles. The average Bonchev–Trinajstić information content (AvgIpc) is 2.71. The predicted octanol–water partition coefficient (Wildman–Crippen LogP) is 3.53. The first-order valence-corrected chi connectivity index (χ1v) is 9.36. The summed E-state index contributed by atoms with van der Waals surface area (Å²) < 4.78 is 0. The third kappa shape index (κ3) is 5.13. The number of anilines is 1. The van der Waals surface area contributed by atoms with Crippen LogP contribution in [0.3, 0.4) is 0 Å². The molecule has 2 aromatic heterocycles. The summed E-state index contributed by atoms with van der Waals surface area (Å²) in [6.45, 7) is 7.18. The molecular formula is C22H25N5O.